The monoisotopic (exact) mass is 330 g/mol. The third-order valence-electron chi connectivity index (χ3n) is 4.14. The molecule has 3 nitrogen and oxygen atoms in total. The molecule has 0 aromatic heterocycles. The van der Waals surface area contributed by atoms with E-state index in [0.717, 1.165) is 30.1 Å². The van der Waals surface area contributed by atoms with E-state index in [1.807, 2.05) is 13.8 Å². The molecule has 0 atom stereocenters. The SMILES string of the molecule is CC1CCC(Oc2ccc(S(=O)(=O)Cl)cc2C(C)C)CC1. The van der Waals surface area contributed by atoms with Crippen molar-refractivity contribution in [2.24, 2.45) is 5.92 Å². The first-order valence-electron chi connectivity index (χ1n) is 7.52. The molecule has 1 aromatic carbocycles. The topological polar surface area (TPSA) is 43.4 Å². The van der Waals surface area contributed by atoms with E-state index in [9.17, 15) is 8.42 Å². The van der Waals surface area contributed by atoms with E-state index in [4.69, 9.17) is 15.4 Å². The lowest BCUT2D eigenvalue weighted by Crippen LogP contribution is -2.23. The Labute approximate surface area is 132 Å². The molecule has 1 fully saturated rings. The minimum atomic E-state index is -3.70. The molecule has 118 valence electrons. The maximum absolute atomic E-state index is 11.5. The molecule has 1 aliphatic rings. The van der Waals surface area contributed by atoms with E-state index in [-0.39, 0.29) is 16.9 Å². The van der Waals surface area contributed by atoms with Gasteiger partial charge in [-0.15, -0.1) is 0 Å². The standard InChI is InChI=1S/C16H23ClO3S/c1-11(2)15-10-14(21(17,18)19)8-9-16(15)20-13-6-4-12(3)5-7-13/h8-13H,4-7H2,1-3H3. The summed E-state index contributed by atoms with van der Waals surface area (Å²) in [5.74, 6) is 1.74. The highest BCUT2D eigenvalue weighted by Gasteiger charge is 2.22. The van der Waals surface area contributed by atoms with Crippen molar-refractivity contribution in [3.8, 4) is 5.75 Å². The van der Waals surface area contributed by atoms with E-state index in [2.05, 4.69) is 6.92 Å². The summed E-state index contributed by atoms with van der Waals surface area (Å²) in [5.41, 5.74) is 0.898. The Kier molecular flexibility index (Phi) is 5.20. The molecule has 0 N–H and O–H groups in total. The van der Waals surface area contributed by atoms with Gasteiger partial charge in [-0.1, -0.05) is 20.8 Å². The highest BCUT2D eigenvalue weighted by molar-refractivity contribution is 8.13. The molecule has 0 spiro atoms. The molecule has 0 amide bonds. The summed E-state index contributed by atoms with van der Waals surface area (Å²) < 4.78 is 29.1. The summed E-state index contributed by atoms with van der Waals surface area (Å²) in [4.78, 5) is 0.137. The second-order valence-electron chi connectivity index (χ2n) is 6.29. The lowest BCUT2D eigenvalue weighted by molar-refractivity contribution is 0.134. The number of benzene rings is 1. The van der Waals surface area contributed by atoms with Gasteiger partial charge in [-0.3, -0.25) is 0 Å². The predicted molar refractivity (Wildman–Crippen MR) is 85.6 cm³/mol. The fourth-order valence-corrected chi connectivity index (χ4v) is 3.55. The zero-order chi connectivity index (χ0) is 15.6. The quantitative estimate of drug-likeness (QED) is 0.752. The molecule has 0 heterocycles. The van der Waals surface area contributed by atoms with Crippen LogP contribution >= 0.6 is 10.7 Å². The molecule has 21 heavy (non-hydrogen) atoms. The highest BCUT2D eigenvalue weighted by Crippen LogP contribution is 2.33. The van der Waals surface area contributed by atoms with E-state index in [1.165, 1.54) is 18.9 Å². The Bertz CT molecular complexity index is 588. The van der Waals surface area contributed by atoms with Gasteiger partial charge >= 0.3 is 0 Å². The average molecular weight is 331 g/mol. The van der Waals surface area contributed by atoms with Crippen LogP contribution in [0, 0.1) is 5.92 Å². The molecule has 2 rings (SSSR count). The third kappa shape index (κ3) is 4.36. The normalized spacial score (nSPS) is 23.3. The first-order chi connectivity index (χ1) is 9.77. The Hall–Kier alpha value is -0.740. The van der Waals surface area contributed by atoms with Gasteiger partial charge in [0.15, 0.2) is 0 Å². The Morgan fingerprint density at radius 3 is 2.33 bits per heavy atom. The second kappa shape index (κ2) is 6.57. The minimum absolute atomic E-state index is 0.137. The van der Waals surface area contributed by atoms with Crippen molar-refractivity contribution >= 4 is 19.7 Å². The number of hydrogen-bond donors (Lipinski definition) is 0. The lowest BCUT2D eigenvalue weighted by atomic mass is 9.89. The van der Waals surface area contributed by atoms with Gasteiger partial charge in [0, 0.05) is 10.7 Å². The zero-order valence-electron chi connectivity index (χ0n) is 12.8. The number of ether oxygens (including phenoxy) is 1. The summed E-state index contributed by atoms with van der Waals surface area (Å²) >= 11 is 0. The van der Waals surface area contributed by atoms with Gasteiger partial charge < -0.3 is 4.74 Å². The van der Waals surface area contributed by atoms with Gasteiger partial charge in [-0.25, -0.2) is 8.42 Å². The Balaban J connectivity index is 2.23. The van der Waals surface area contributed by atoms with Crippen LogP contribution in [0.25, 0.3) is 0 Å². The van der Waals surface area contributed by atoms with Crippen molar-refractivity contribution in [3.63, 3.8) is 0 Å². The maximum atomic E-state index is 11.5. The van der Waals surface area contributed by atoms with Crippen molar-refractivity contribution in [1.29, 1.82) is 0 Å². The largest absolute Gasteiger partial charge is 0.490 e. The van der Waals surface area contributed by atoms with Gasteiger partial charge in [0.1, 0.15) is 5.75 Å². The average Bonchev–Trinajstić information content (AvgIpc) is 2.40. The predicted octanol–water partition coefficient (Wildman–Crippen LogP) is 4.70. The third-order valence-corrected chi connectivity index (χ3v) is 5.49. The van der Waals surface area contributed by atoms with Crippen LogP contribution in [0.5, 0.6) is 5.75 Å². The van der Waals surface area contributed by atoms with E-state index >= 15 is 0 Å². The van der Waals surface area contributed by atoms with Gasteiger partial charge in [0.05, 0.1) is 11.0 Å². The lowest BCUT2D eigenvalue weighted by Gasteiger charge is -2.28. The summed E-state index contributed by atoms with van der Waals surface area (Å²) in [7, 11) is 1.73. The minimum Gasteiger partial charge on any atom is -0.490 e. The van der Waals surface area contributed by atoms with Crippen LogP contribution in [0.1, 0.15) is 57.9 Å². The van der Waals surface area contributed by atoms with Crippen molar-refractivity contribution < 1.29 is 13.2 Å². The molecular weight excluding hydrogens is 308 g/mol. The van der Waals surface area contributed by atoms with Crippen LogP contribution in [0.2, 0.25) is 0 Å². The van der Waals surface area contributed by atoms with Gasteiger partial charge in [-0.05, 0) is 61.3 Å². The first kappa shape index (κ1) is 16.6. The summed E-state index contributed by atoms with van der Waals surface area (Å²) in [6.07, 6.45) is 4.74. The van der Waals surface area contributed by atoms with Crippen molar-refractivity contribution in [2.75, 3.05) is 0 Å². The molecule has 5 heteroatoms. The molecule has 1 aromatic rings. The highest BCUT2D eigenvalue weighted by atomic mass is 35.7. The van der Waals surface area contributed by atoms with Crippen LogP contribution in [0.3, 0.4) is 0 Å². The van der Waals surface area contributed by atoms with Crippen LogP contribution < -0.4 is 4.74 Å². The Morgan fingerprint density at radius 2 is 1.81 bits per heavy atom. The molecule has 0 bridgehead atoms. The number of halogens is 1. The molecule has 1 saturated carbocycles. The van der Waals surface area contributed by atoms with Crippen LogP contribution in [-0.2, 0) is 9.05 Å². The van der Waals surface area contributed by atoms with Gasteiger partial charge in [-0.2, -0.15) is 0 Å². The summed E-state index contributed by atoms with van der Waals surface area (Å²) in [6.45, 7) is 6.32. The maximum Gasteiger partial charge on any atom is 0.261 e. The summed E-state index contributed by atoms with van der Waals surface area (Å²) in [6, 6.07) is 4.89. The van der Waals surface area contributed by atoms with E-state index in [1.54, 1.807) is 12.1 Å². The van der Waals surface area contributed by atoms with Gasteiger partial charge in [0.2, 0.25) is 0 Å². The van der Waals surface area contributed by atoms with Crippen molar-refractivity contribution in [3.05, 3.63) is 23.8 Å². The molecular formula is C16H23ClO3S. The Morgan fingerprint density at radius 1 is 1.19 bits per heavy atom. The molecule has 0 unspecified atom stereocenters. The fourth-order valence-electron chi connectivity index (χ4n) is 2.76. The summed E-state index contributed by atoms with van der Waals surface area (Å²) in [5, 5.41) is 0. The van der Waals surface area contributed by atoms with Crippen LogP contribution in [0.4, 0.5) is 0 Å². The van der Waals surface area contributed by atoms with E-state index < -0.39 is 9.05 Å². The number of hydrogen-bond acceptors (Lipinski definition) is 3. The van der Waals surface area contributed by atoms with Crippen molar-refractivity contribution in [1.82, 2.24) is 0 Å². The molecule has 0 aliphatic heterocycles. The van der Waals surface area contributed by atoms with Crippen LogP contribution in [-0.4, -0.2) is 14.5 Å². The van der Waals surface area contributed by atoms with E-state index in [0.29, 0.717) is 0 Å². The zero-order valence-corrected chi connectivity index (χ0v) is 14.4. The second-order valence-corrected chi connectivity index (χ2v) is 8.86. The molecule has 1 aliphatic carbocycles. The fraction of sp³-hybridized carbons (Fsp3) is 0.625. The smallest absolute Gasteiger partial charge is 0.261 e. The first-order valence-corrected chi connectivity index (χ1v) is 9.83. The molecule has 0 radical (unpaired) electrons. The molecule has 0 saturated heterocycles. The van der Waals surface area contributed by atoms with Gasteiger partial charge in [0.25, 0.3) is 9.05 Å². The number of rotatable bonds is 4. The van der Waals surface area contributed by atoms with Crippen LogP contribution in [0.15, 0.2) is 23.1 Å². The van der Waals surface area contributed by atoms with Crippen molar-refractivity contribution in [2.45, 2.75) is 63.4 Å².